The van der Waals surface area contributed by atoms with E-state index < -0.39 is 0 Å². The molecule has 6 nitrogen and oxygen atoms in total. The molecular weight excluding hydrogens is 382 g/mol. The molecule has 0 fully saturated rings. The van der Waals surface area contributed by atoms with Gasteiger partial charge in [-0.25, -0.2) is 4.98 Å². The molecule has 0 saturated carbocycles. The third-order valence-corrected chi connectivity index (χ3v) is 5.87. The van der Waals surface area contributed by atoms with E-state index in [2.05, 4.69) is 10.1 Å². The van der Waals surface area contributed by atoms with Crippen LogP contribution in [0.3, 0.4) is 0 Å². The molecule has 0 aliphatic carbocycles. The second-order valence-corrected chi connectivity index (χ2v) is 8.24. The quantitative estimate of drug-likeness (QED) is 0.534. The number of rotatable bonds is 5. The number of aromatic nitrogens is 3. The topological polar surface area (TPSA) is 76.5 Å². The van der Waals surface area contributed by atoms with Crippen molar-refractivity contribution < 1.29 is 4.79 Å². The summed E-state index contributed by atoms with van der Waals surface area (Å²) < 4.78 is 1.59. The number of anilines is 1. The number of benzene rings is 1. The van der Waals surface area contributed by atoms with Crippen molar-refractivity contribution in [2.75, 3.05) is 5.73 Å². The van der Waals surface area contributed by atoms with Crippen molar-refractivity contribution in [3.8, 4) is 10.7 Å². The highest BCUT2D eigenvalue weighted by Crippen LogP contribution is 2.27. The summed E-state index contributed by atoms with van der Waals surface area (Å²) in [5.74, 6) is 0.941. The van der Waals surface area contributed by atoms with E-state index in [-0.39, 0.29) is 11.9 Å². The molecule has 0 unspecified atom stereocenters. The van der Waals surface area contributed by atoms with E-state index in [1.54, 1.807) is 28.0 Å². The van der Waals surface area contributed by atoms with Crippen LogP contribution in [0.25, 0.3) is 16.3 Å². The maximum Gasteiger partial charge on any atom is 0.254 e. The van der Waals surface area contributed by atoms with Crippen LogP contribution in [0, 0.1) is 6.92 Å². The zero-order valence-electron chi connectivity index (χ0n) is 16.7. The molecular formula is C22H23N5OS. The summed E-state index contributed by atoms with van der Waals surface area (Å²) in [6.45, 7) is 6.59. The average Bonchev–Trinajstić information content (AvgIpc) is 3.32. The highest BCUT2D eigenvalue weighted by Gasteiger charge is 2.21. The average molecular weight is 406 g/mol. The molecule has 0 radical (unpaired) electrons. The van der Waals surface area contributed by atoms with E-state index in [4.69, 9.17) is 5.73 Å². The van der Waals surface area contributed by atoms with E-state index in [1.165, 1.54) is 0 Å². The number of nitrogen functional groups attached to an aromatic ring is 1. The Kier molecular flexibility index (Phi) is 5.07. The van der Waals surface area contributed by atoms with E-state index in [9.17, 15) is 4.79 Å². The number of hydrogen-bond donors (Lipinski definition) is 1. The molecule has 1 aromatic carbocycles. The number of aryl methyl sites for hydroxylation is 1. The number of hydrogen-bond acceptors (Lipinski definition) is 5. The summed E-state index contributed by atoms with van der Waals surface area (Å²) in [7, 11) is 0. The molecule has 4 aromatic rings. The minimum atomic E-state index is -0.0742. The Hall–Kier alpha value is -3.19. The molecule has 0 atom stereocenters. The highest BCUT2D eigenvalue weighted by atomic mass is 32.1. The van der Waals surface area contributed by atoms with E-state index in [0.717, 1.165) is 16.0 Å². The SMILES string of the molecule is Cc1ccsc1-c1nc2cc(C(=O)N(Cc3ccccc3)C(C)C)cc(N)n2n1. The molecule has 0 aliphatic rings. The van der Waals surface area contributed by atoms with Crippen molar-refractivity contribution in [3.63, 3.8) is 0 Å². The number of carbonyl (C=O) groups excluding carboxylic acids is 1. The Bertz CT molecular complexity index is 1160. The summed E-state index contributed by atoms with van der Waals surface area (Å²) in [6.07, 6.45) is 0. The lowest BCUT2D eigenvalue weighted by Crippen LogP contribution is -2.36. The van der Waals surface area contributed by atoms with Crippen LogP contribution in [0.2, 0.25) is 0 Å². The zero-order valence-corrected chi connectivity index (χ0v) is 17.5. The van der Waals surface area contributed by atoms with Gasteiger partial charge in [-0.2, -0.15) is 4.52 Å². The van der Waals surface area contributed by atoms with Crippen LogP contribution < -0.4 is 5.73 Å². The van der Waals surface area contributed by atoms with Gasteiger partial charge in [0.05, 0.1) is 4.88 Å². The molecule has 0 bridgehead atoms. The normalized spacial score (nSPS) is 11.3. The molecule has 2 N–H and O–H groups in total. The molecule has 0 spiro atoms. The Morgan fingerprint density at radius 3 is 2.62 bits per heavy atom. The summed E-state index contributed by atoms with van der Waals surface area (Å²) in [5, 5.41) is 6.54. The fourth-order valence-electron chi connectivity index (χ4n) is 3.27. The van der Waals surface area contributed by atoms with Gasteiger partial charge in [-0.3, -0.25) is 4.79 Å². The molecule has 1 amide bonds. The molecule has 3 aromatic heterocycles. The van der Waals surface area contributed by atoms with Crippen LogP contribution in [0.4, 0.5) is 5.82 Å². The lowest BCUT2D eigenvalue weighted by Gasteiger charge is -2.27. The third kappa shape index (κ3) is 3.73. The van der Waals surface area contributed by atoms with Crippen molar-refractivity contribution in [1.82, 2.24) is 19.5 Å². The maximum atomic E-state index is 13.3. The smallest absolute Gasteiger partial charge is 0.254 e. The Morgan fingerprint density at radius 2 is 1.97 bits per heavy atom. The van der Waals surface area contributed by atoms with Crippen LogP contribution >= 0.6 is 11.3 Å². The van der Waals surface area contributed by atoms with E-state index in [1.807, 2.05) is 67.4 Å². The fourth-order valence-corrected chi connectivity index (χ4v) is 4.12. The van der Waals surface area contributed by atoms with Crippen molar-refractivity contribution in [1.29, 1.82) is 0 Å². The number of nitrogens with zero attached hydrogens (tertiary/aromatic N) is 4. The van der Waals surface area contributed by atoms with Crippen LogP contribution in [0.1, 0.15) is 35.3 Å². The van der Waals surface area contributed by atoms with Gasteiger partial charge in [0.15, 0.2) is 11.5 Å². The lowest BCUT2D eigenvalue weighted by molar-refractivity contribution is 0.0690. The van der Waals surface area contributed by atoms with Gasteiger partial charge < -0.3 is 10.6 Å². The molecule has 0 saturated heterocycles. The monoisotopic (exact) mass is 405 g/mol. The molecule has 29 heavy (non-hydrogen) atoms. The van der Waals surface area contributed by atoms with E-state index >= 15 is 0 Å². The number of nitrogens with two attached hydrogens (primary N) is 1. The van der Waals surface area contributed by atoms with Gasteiger partial charge in [0.25, 0.3) is 5.91 Å². The van der Waals surface area contributed by atoms with Crippen molar-refractivity contribution in [2.45, 2.75) is 33.4 Å². The Morgan fingerprint density at radius 1 is 1.21 bits per heavy atom. The largest absolute Gasteiger partial charge is 0.384 e. The summed E-state index contributed by atoms with van der Waals surface area (Å²) in [5.41, 5.74) is 9.51. The number of fused-ring (bicyclic) bond motifs is 1. The first-order valence-corrected chi connectivity index (χ1v) is 10.4. The predicted molar refractivity (Wildman–Crippen MR) is 117 cm³/mol. The standard InChI is InChI=1S/C22H23N5OS/c1-14(2)26(13-16-7-5-4-6-8-16)22(28)17-11-18(23)27-19(12-17)24-21(25-27)20-15(3)9-10-29-20/h4-12,14H,13,23H2,1-3H3. The first kappa shape index (κ1) is 19.1. The lowest BCUT2D eigenvalue weighted by atomic mass is 10.1. The van der Waals surface area contributed by atoms with Crippen LogP contribution in [-0.2, 0) is 6.54 Å². The van der Waals surface area contributed by atoms with Gasteiger partial charge in [-0.1, -0.05) is 30.3 Å². The first-order valence-electron chi connectivity index (χ1n) is 9.49. The number of carbonyl (C=O) groups is 1. The highest BCUT2D eigenvalue weighted by molar-refractivity contribution is 7.13. The number of pyridine rings is 1. The fraction of sp³-hybridized carbons (Fsp3) is 0.227. The van der Waals surface area contributed by atoms with Gasteiger partial charge in [0, 0.05) is 18.2 Å². The zero-order chi connectivity index (χ0) is 20.5. The van der Waals surface area contributed by atoms with Crippen LogP contribution in [-0.4, -0.2) is 31.4 Å². The third-order valence-electron chi connectivity index (χ3n) is 4.86. The number of thiophene rings is 1. The molecule has 3 heterocycles. The van der Waals surface area contributed by atoms with Gasteiger partial charge >= 0.3 is 0 Å². The van der Waals surface area contributed by atoms with Gasteiger partial charge in [0.2, 0.25) is 0 Å². The van der Waals surface area contributed by atoms with E-state index in [0.29, 0.717) is 29.4 Å². The van der Waals surface area contributed by atoms with Gasteiger partial charge in [-0.15, -0.1) is 16.4 Å². The minimum Gasteiger partial charge on any atom is -0.384 e. The second-order valence-electron chi connectivity index (χ2n) is 7.32. The Labute approximate surface area is 173 Å². The molecule has 4 rings (SSSR count). The van der Waals surface area contributed by atoms with Gasteiger partial charge in [0.1, 0.15) is 5.82 Å². The molecule has 7 heteroatoms. The number of amides is 1. The first-order chi connectivity index (χ1) is 13.9. The van der Waals surface area contributed by atoms with Crippen molar-refractivity contribution in [2.24, 2.45) is 0 Å². The summed E-state index contributed by atoms with van der Waals surface area (Å²) >= 11 is 1.59. The summed E-state index contributed by atoms with van der Waals surface area (Å²) in [6, 6.07) is 15.5. The van der Waals surface area contributed by atoms with Crippen molar-refractivity contribution in [3.05, 3.63) is 70.6 Å². The van der Waals surface area contributed by atoms with Crippen molar-refractivity contribution >= 4 is 28.7 Å². The second kappa shape index (κ2) is 7.67. The maximum absolute atomic E-state index is 13.3. The van der Waals surface area contributed by atoms with Crippen LogP contribution in [0.15, 0.2) is 53.9 Å². The molecule has 148 valence electrons. The summed E-state index contributed by atoms with van der Waals surface area (Å²) in [4.78, 5) is 20.8. The Balaban J connectivity index is 1.70. The van der Waals surface area contributed by atoms with Gasteiger partial charge in [-0.05, 0) is 55.5 Å². The van der Waals surface area contributed by atoms with Crippen LogP contribution in [0.5, 0.6) is 0 Å². The predicted octanol–water partition coefficient (Wildman–Crippen LogP) is 4.40. The minimum absolute atomic E-state index is 0.0438. The molecule has 0 aliphatic heterocycles.